The number of hydrogen-bond acceptors (Lipinski definition) is 3. The molecule has 0 unspecified atom stereocenters. The molecule has 0 spiro atoms. The van der Waals surface area contributed by atoms with Crippen molar-refractivity contribution in [2.75, 3.05) is 0 Å². The molecule has 0 radical (unpaired) electrons. The normalized spacial score (nSPS) is 15.2. The molecule has 2 aromatic carbocycles. The van der Waals surface area contributed by atoms with E-state index in [-0.39, 0.29) is 16.2 Å². The van der Waals surface area contributed by atoms with Gasteiger partial charge in [0.2, 0.25) is 8.32 Å². The van der Waals surface area contributed by atoms with Crippen LogP contribution in [0.2, 0.25) is 36.3 Å². The Labute approximate surface area is 204 Å². The van der Waals surface area contributed by atoms with Gasteiger partial charge in [0.25, 0.3) is 0 Å². The highest BCUT2D eigenvalue weighted by molar-refractivity contribution is 6.75. The van der Waals surface area contributed by atoms with E-state index < -0.39 is 22.7 Å². The molecule has 184 valence electrons. The molecule has 0 aliphatic carbocycles. The van der Waals surface area contributed by atoms with Gasteiger partial charge in [0, 0.05) is 6.42 Å². The summed E-state index contributed by atoms with van der Waals surface area (Å²) in [5.74, 6) is 0.928. The molecule has 0 fully saturated rings. The molecule has 0 saturated carbocycles. The van der Waals surface area contributed by atoms with Gasteiger partial charge in [0.1, 0.15) is 5.75 Å². The third kappa shape index (κ3) is 7.81. The quantitative estimate of drug-likeness (QED) is 0.371. The van der Waals surface area contributed by atoms with Gasteiger partial charge in [-0.1, -0.05) is 84.0 Å². The highest BCUT2D eigenvalue weighted by Gasteiger charge is 2.41. The Bertz CT molecular complexity index is 863. The first-order valence-corrected chi connectivity index (χ1v) is 18.0. The zero-order valence-corrected chi connectivity index (χ0v) is 24.5. The highest BCUT2D eigenvalue weighted by Crippen LogP contribution is 2.39. The van der Waals surface area contributed by atoms with Gasteiger partial charge in [0.05, 0.1) is 12.2 Å². The second-order valence-corrected chi connectivity index (χ2v) is 21.9. The average Bonchev–Trinajstić information content (AvgIpc) is 2.67. The Morgan fingerprint density at radius 3 is 1.67 bits per heavy atom. The molecule has 0 aliphatic rings. The van der Waals surface area contributed by atoms with Crippen molar-refractivity contribution in [2.24, 2.45) is 0 Å². The van der Waals surface area contributed by atoms with Gasteiger partial charge < -0.3 is 14.0 Å². The molecule has 0 amide bonds. The molecule has 0 saturated heterocycles. The molecule has 5 heteroatoms. The molecule has 0 bridgehead atoms. The third-order valence-electron chi connectivity index (χ3n) is 7.51. The van der Waals surface area contributed by atoms with E-state index in [0.717, 1.165) is 16.9 Å². The Hall–Kier alpha value is -1.41. The van der Waals surface area contributed by atoms with E-state index in [0.29, 0.717) is 12.8 Å². The van der Waals surface area contributed by atoms with Crippen LogP contribution in [-0.4, -0.2) is 33.9 Å². The predicted molar refractivity (Wildman–Crippen MR) is 146 cm³/mol. The van der Waals surface area contributed by atoms with Crippen molar-refractivity contribution in [3.8, 4) is 5.75 Å². The SMILES string of the molecule is CC(C)(C)[Si](C)(C)Oc1ccc(C[C@H](O[Si](C)(C)C(C)(C)C)[C@H](O)Cc2ccccc2)cc1. The number of benzene rings is 2. The lowest BCUT2D eigenvalue weighted by atomic mass is 9.98. The van der Waals surface area contributed by atoms with Crippen molar-refractivity contribution in [1.29, 1.82) is 0 Å². The van der Waals surface area contributed by atoms with Gasteiger partial charge in [-0.25, -0.2) is 0 Å². The number of aliphatic hydroxyl groups excluding tert-OH is 1. The number of aliphatic hydroxyl groups is 1. The number of hydrogen-bond donors (Lipinski definition) is 1. The van der Waals surface area contributed by atoms with Crippen LogP contribution < -0.4 is 4.43 Å². The standard InChI is InChI=1S/C28H46O3Si2/c1-27(2,3)32(7,8)30-24-18-16-23(17-19-24)21-26(31-33(9,10)28(4,5)6)25(29)20-22-14-12-11-13-15-22/h11-19,25-26,29H,20-21H2,1-10H3/t25-,26+/m1/s1. The van der Waals surface area contributed by atoms with Gasteiger partial charge in [-0.05, 0) is 65.9 Å². The Kier molecular flexibility index (Phi) is 8.83. The van der Waals surface area contributed by atoms with Crippen LogP contribution in [-0.2, 0) is 17.3 Å². The summed E-state index contributed by atoms with van der Waals surface area (Å²) in [5, 5.41) is 11.5. The minimum absolute atomic E-state index is 0.0819. The zero-order chi connectivity index (χ0) is 25.1. The smallest absolute Gasteiger partial charge is 0.250 e. The molecular formula is C28H46O3Si2. The third-order valence-corrected chi connectivity index (χ3v) is 16.4. The van der Waals surface area contributed by atoms with Crippen LogP contribution in [0.1, 0.15) is 52.7 Å². The monoisotopic (exact) mass is 486 g/mol. The maximum atomic E-state index is 11.2. The summed E-state index contributed by atoms with van der Waals surface area (Å²) >= 11 is 0. The Morgan fingerprint density at radius 2 is 1.18 bits per heavy atom. The average molecular weight is 487 g/mol. The fourth-order valence-corrected chi connectivity index (χ4v) is 5.55. The van der Waals surface area contributed by atoms with Gasteiger partial charge in [-0.3, -0.25) is 0 Å². The molecule has 2 rings (SSSR count). The summed E-state index contributed by atoms with van der Waals surface area (Å²) in [4.78, 5) is 0. The molecule has 0 aromatic heterocycles. The lowest BCUT2D eigenvalue weighted by Gasteiger charge is -2.40. The van der Waals surface area contributed by atoms with Gasteiger partial charge in [0.15, 0.2) is 8.32 Å². The first-order valence-electron chi connectivity index (χ1n) is 12.2. The highest BCUT2D eigenvalue weighted by atomic mass is 28.4. The molecule has 2 atom stereocenters. The second kappa shape index (κ2) is 10.5. The first kappa shape index (κ1) is 27.8. The molecular weight excluding hydrogens is 440 g/mol. The van der Waals surface area contributed by atoms with E-state index in [1.54, 1.807) is 0 Å². The molecule has 0 aliphatic heterocycles. The van der Waals surface area contributed by atoms with E-state index >= 15 is 0 Å². The zero-order valence-electron chi connectivity index (χ0n) is 22.5. The molecule has 1 N–H and O–H groups in total. The second-order valence-electron chi connectivity index (χ2n) is 12.4. The lowest BCUT2D eigenvalue weighted by molar-refractivity contribution is 0.0282. The Balaban J connectivity index is 2.21. The van der Waals surface area contributed by atoms with Crippen LogP contribution >= 0.6 is 0 Å². The molecule has 33 heavy (non-hydrogen) atoms. The maximum Gasteiger partial charge on any atom is 0.250 e. The summed E-state index contributed by atoms with van der Waals surface area (Å²) in [6, 6.07) is 18.6. The van der Waals surface area contributed by atoms with E-state index in [2.05, 4.69) is 104 Å². The van der Waals surface area contributed by atoms with E-state index in [1.807, 2.05) is 18.2 Å². The number of rotatable bonds is 9. The van der Waals surface area contributed by atoms with Crippen molar-refractivity contribution in [1.82, 2.24) is 0 Å². The van der Waals surface area contributed by atoms with Crippen molar-refractivity contribution >= 4 is 16.6 Å². The summed E-state index contributed by atoms with van der Waals surface area (Å²) < 4.78 is 13.2. The van der Waals surface area contributed by atoms with Crippen LogP contribution in [0.3, 0.4) is 0 Å². The fourth-order valence-electron chi connectivity index (χ4n) is 3.17. The van der Waals surface area contributed by atoms with Crippen molar-refractivity contribution < 1.29 is 14.0 Å². The van der Waals surface area contributed by atoms with E-state index in [9.17, 15) is 5.11 Å². The van der Waals surface area contributed by atoms with Gasteiger partial charge >= 0.3 is 0 Å². The Morgan fingerprint density at radius 1 is 0.697 bits per heavy atom. The van der Waals surface area contributed by atoms with Crippen LogP contribution in [0.4, 0.5) is 0 Å². The maximum absolute atomic E-state index is 11.2. The summed E-state index contributed by atoms with van der Waals surface area (Å²) in [5.41, 5.74) is 2.29. The summed E-state index contributed by atoms with van der Waals surface area (Å²) in [6.07, 6.45) is 0.455. The molecule has 2 aromatic rings. The largest absolute Gasteiger partial charge is 0.544 e. The van der Waals surface area contributed by atoms with Crippen LogP contribution in [0.15, 0.2) is 54.6 Å². The van der Waals surface area contributed by atoms with Crippen LogP contribution in [0.25, 0.3) is 0 Å². The van der Waals surface area contributed by atoms with Crippen molar-refractivity contribution in [3.05, 3.63) is 65.7 Å². The minimum Gasteiger partial charge on any atom is -0.544 e. The van der Waals surface area contributed by atoms with Crippen molar-refractivity contribution in [2.45, 2.75) is 103 Å². The molecule has 0 heterocycles. The molecule has 3 nitrogen and oxygen atoms in total. The van der Waals surface area contributed by atoms with Crippen LogP contribution in [0.5, 0.6) is 5.75 Å². The predicted octanol–water partition coefficient (Wildman–Crippen LogP) is 7.61. The van der Waals surface area contributed by atoms with E-state index in [4.69, 9.17) is 8.85 Å². The fraction of sp³-hybridized carbons (Fsp3) is 0.571. The minimum atomic E-state index is -2.04. The van der Waals surface area contributed by atoms with Crippen LogP contribution in [0, 0.1) is 0 Å². The summed E-state index contributed by atoms with van der Waals surface area (Å²) in [6.45, 7) is 22.5. The van der Waals surface area contributed by atoms with Gasteiger partial charge in [-0.2, -0.15) is 0 Å². The first-order chi connectivity index (χ1) is 15.0. The van der Waals surface area contributed by atoms with Gasteiger partial charge in [-0.15, -0.1) is 0 Å². The van der Waals surface area contributed by atoms with Crippen molar-refractivity contribution in [3.63, 3.8) is 0 Å². The lowest BCUT2D eigenvalue weighted by Crippen LogP contribution is -2.48. The summed E-state index contributed by atoms with van der Waals surface area (Å²) in [7, 11) is -3.91. The van der Waals surface area contributed by atoms with E-state index in [1.165, 1.54) is 0 Å². The topological polar surface area (TPSA) is 38.7 Å².